The van der Waals surface area contributed by atoms with Gasteiger partial charge in [-0.15, -0.1) is 0 Å². The third-order valence-electron chi connectivity index (χ3n) is 2.87. The van der Waals surface area contributed by atoms with Gasteiger partial charge in [-0.2, -0.15) is 0 Å². The highest BCUT2D eigenvalue weighted by Crippen LogP contribution is 2.28. The van der Waals surface area contributed by atoms with Gasteiger partial charge in [0.2, 0.25) is 0 Å². The summed E-state index contributed by atoms with van der Waals surface area (Å²) in [6, 6.07) is 7.13. The maximum Gasteiger partial charge on any atom is 0.265 e. The summed E-state index contributed by atoms with van der Waals surface area (Å²) >= 11 is 2.12. The molecule has 2 aromatic rings. The van der Waals surface area contributed by atoms with Gasteiger partial charge in [-0.1, -0.05) is 6.07 Å². The van der Waals surface area contributed by atoms with Crippen molar-refractivity contribution < 1.29 is 12.8 Å². The first-order chi connectivity index (χ1) is 9.35. The van der Waals surface area contributed by atoms with E-state index < -0.39 is 10.0 Å². The van der Waals surface area contributed by atoms with Crippen molar-refractivity contribution in [1.29, 1.82) is 0 Å². The van der Waals surface area contributed by atoms with Crippen molar-refractivity contribution in [2.45, 2.75) is 25.3 Å². The van der Waals surface area contributed by atoms with Crippen molar-refractivity contribution in [2.75, 3.05) is 4.72 Å². The van der Waals surface area contributed by atoms with E-state index in [2.05, 4.69) is 27.3 Å². The van der Waals surface area contributed by atoms with E-state index in [-0.39, 0.29) is 11.4 Å². The van der Waals surface area contributed by atoms with Gasteiger partial charge in [-0.25, -0.2) is 8.42 Å². The third kappa shape index (κ3) is 2.99. The SMILES string of the molecule is Cc1oc(C)c(S(=O)(=O)Nc2cccc(I)c2)c1CN. The molecule has 0 fully saturated rings. The fourth-order valence-electron chi connectivity index (χ4n) is 2.06. The highest BCUT2D eigenvalue weighted by atomic mass is 127. The molecule has 1 aromatic carbocycles. The minimum atomic E-state index is -3.71. The highest BCUT2D eigenvalue weighted by molar-refractivity contribution is 14.1. The van der Waals surface area contributed by atoms with Gasteiger partial charge in [0.25, 0.3) is 10.0 Å². The number of halogens is 1. The minimum absolute atomic E-state index is 0.117. The highest BCUT2D eigenvalue weighted by Gasteiger charge is 2.26. The first kappa shape index (κ1) is 15.3. The van der Waals surface area contributed by atoms with Crippen LogP contribution in [-0.2, 0) is 16.6 Å². The van der Waals surface area contributed by atoms with Gasteiger partial charge in [0.1, 0.15) is 16.4 Å². The summed E-state index contributed by atoms with van der Waals surface area (Å²) in [5, 5.41) is 0. The van der Waals surface area contributed by atoms with Gasteiger partial charge >= 0.3 is 0 Å². The monoisotopic (exact) mass is 406 g/mol. The number of hydrogen-bond donors (Lipinski definition) is 2. The lowest BCUT2D eigenvalue weighted by Gasteiger charge is -2.09. The Morgan fingerprint density at radius 2 is 2.00 bits per heavy atom. The van der Waals surface area contributed by atoms with Crippen molar-refractivity contribution in [2.24, 2.45) is 5.73 Å². The quantitative estimate of drug-likeness (QED) is 0.765. The zero-order valence-corrected chi connectivity index (χ0v) is 14.1. The lowest BCUT2D eigenvalue weighted by atomic mass is 10.2. The molecule has 2 rings (SSSR count). The van der Waals surface area contributed by atoms with Gasteiger partial charge in [0.05, 0.1) is 0 Å². The van der Waals surface area contributed by atoms with Crippen LogP contribution >= 0.6 is 22.6 Å². The average molecular weight is 406 g/mol. The maximum atomic E-state index is 12.5. The minimum Gasteiger partial charge on any atom is -0.465 e. The number of hydrogen-bond acceptors (Lipinski definition) is 4. The number of nitrogens with two attached hydrogens (primary N) is 1. The second-order valence-corrected chi connectivity index (χ2v) is 7.21. The summed E-state index contributed by atoms with van der Waals surface area (Å²) < 4.78 is 33.9. The van der Waals surface area contributed by atoms with Gasteiger partial charge in [-0.05, 0) is 54.6 Å². The fourth-order valence-corrected chi connectivity index (χ4v) is 4.11. The van der Waals surface area contributed by atoms with Crippen LogP contribution in [0.4, 0.5) is 5.69 Å². The predicted molar refractivity (Wildman–Crippen MR) is 86.0 cm³/mol. The van der Waals surface area contributed by atoms with E-state index in [4.69, 9.17) is 10.2 Å². The maximum absolute atomic E-state index is 12.5. The number of nitrogens with one attached hydrogen (secondary N) is 1. The Kier molecular flexibility index (Phi) is 4.40. The summed E-state index contributed by atoms with van der Waals surface area (Å²) in [5.74, 6) is 0.883. The molecule has 0 saturated carbocycles. The molecule has 0 saturated heterocycles. The van der Waals surface area contributed by atoms with E-state index in [9.17, 15) is 8.42 Å². The van der Waals surface area contributed by atoms with Gasteiger partial charge in [-0.3, -0.25) is 4.72 Å². The molecule has 0 atom stereocenters. The number of aryl methyl sites for hydroxylation is 2. The lowest BCUT2D eigenvalue weighted by molar-refractivity contribution is 0.494. The van der Waals surface area contributed by atoms with Crippen molar-refractivity contribution >= 4 is 38.3 Å². The first-order valence-corrected chi connectivity index (χ1v) is 8.48. The number of benzene rings is 1. The van der Waals surface area contributed by atoms with Crippen LogP contribution in [-0.4, -0.2) is 8.42 Å². The van der Waals surface area contributed by atoms with E-state index >= 15 is 0 Å². The van der Waals surface area contributed by atoms with Gasteiger partial charge in [0, 0.05) is 21.4 Å². The van der Waals surface area contributed by atoms with E-state index in [1.807, 2.05) is 6.07 Å². The number of furan rings is 1. The van der Waals surface area contributed by atoms with Gasteiger partial charge in [0.15, 0.2) is 0 Å². The van der Waals surface area contributed by atoms with Gasteiger partial charge < -0.3 is 10.2 Å². The molecule has 0 aliphatic heterocycles. The zero-order chi connectivity index (χ0) is 14.9. The topological polar surface area (TPSA) is 85.3 Å². The number of anilines is 1. The molecule has 0 aliphatic rings. The zero-order valence-electron chi connectivity index (χ0n) is 11.1. The molecule has 108 valence electrons. The molecule has 1 aromatic heterocycles. The molecular weight excluding hydrogens is 391 g/mol. The Balaban J connectivity index is 2.46. The Hall–Kier alpha value is -1.06. The summed E-state index contributed by atoms with van der Waals surface area (Å²) in [6.07, 6.45) is 0. The molecule has 0 aliphatic carbocycles. The average Bonchev–Trinajstić information content (AvgIpc) is 2.63. The van der Waals surface area contributed by atoms with Crippen molar-refractivity contribution in [3.05, 3.63) is 44.9 Å². The van der Waals surface area contributed by atoms with Crippen molar-refractivity contribution in [1.82, 2.24) is 0 Å². The Labute approximate surface area is 131 Å². The van der Waals surface area contributed by atoms with Crippen molar-refractivity contribution in [3.63, 3.8) is 0 Å². The van der Waals surface area contributed by atoms with E-state index in [1.165, 1.54) is 0 Å². The van der Waals surface area contributed by atoms with Crippen LogP contribution in [0.1, 0.15) is 17.1 Å². The van der Waals surface area contributed by atoms with Crippen molar-refractivity contribution in [3.8, 4) is 0 Å². The summed E-state index contributed by atoms with van der Waals surface area (Å²) in [5.41, 5.74) is 6.65. The van der Waals surface area contributed by atoms with E-state index in [0.29, 0.717) is 22.8 Å². The smallest absolute Gasteiger partial charge is 0.265 e. The molecule has 0 unspecified atom stereocenters. The molecule has 1 heterocycles. The Morgan fingerprint density at radius 1 is 1.30 bits per heavy atom. The Morgan fingerprint density at radius 3 is 2.60 bits per heavy atom. The van der Waals surface area contributed by atoms with Crippen LogP contribution in [0.25, 0.3) is 0 Å². The number of rotatable bonds is 4. The molecule has 0 bridgehead atoms. The van der Waals surface area contributed by atoms with E-state index in [1.54, 1.807) is 32.0 Å². The van der Waals surface area contributed by atoms with Crippen LogP contribution in [0.15, 0.2) is 33.6 Å². The molecular formula is C13H15IN2O3S. The van der Waals surface area contributed by atoms with Crippen LogP contribution in [0.5, 0.6) is 0 Å². The molecule has 20 heavy (non-hydrogen) atoms. The van der Waals surface area contributed by atoms with Crippen LogP contribution in [0.3, 0.4) is 0 Å². The lowest BCUT2D eigenvalue weighted by Crippen LogP contribution is -2.16. The van der Waals surface area contributed by atoms with E-state index in [0.717, 1.165) is 3.57 Å². The van der Waals surface area contributed by atoms with Crippen LogP contribution in [0.2, 0.25) is 0 Å². The molecule has 5 nitrogen and oxygen atoms in total. The van der Waals surface area contributed by atoms with Crippen LogP contribution in [0, 0.1) is 17.4 Å². The van der Waals surface area contributed by atoms with Crippen LogP contribution < -0.4 is 10.5 Å². The summed E-state index contributed by atoms with van der Waals surface area (Å²) in [4.78, 5) is 0.136. The normalized spacial score (nSPS) is 11.6. The summed E-state index contributed by atoms with van der Waals surface area (Å²) in [7, 11) is -3.71. The summed E-state index contributed by atoms with van der Waals surface area (Å²) in [6.45, 7) is 3.45. The number of sulfonamides is 1. The molecule has 3 N–H and O–H groups in total. The molecule has 0 amide bonds. The standard InChI is InChI=1S/C13H15IN2O3S/c1-8-12(7-15)13(9(2)19-8)20(17,18)16-11-5-3-4-10(14)6-11/h3-6,16H,7,15H2,1-2H3. The fraction of sp³-hybridized carbons (Fsp3) is 0.231. The molecule has 7 heteroatoms. The molecule has 0 spiro atoms. The largest absolute Gasteiger partial charge is 0.465 e. The second-order valence-electron chi connectivity index (χ2n) is 4.34. The second kappa shape index (κ2) is 5.74. The Bertz CT molecular complexity index is 738. The first-order valence-electron chi connectivity index (χ1n) is 5.92. The third-order valence-corrected chi connectivity index (χ3v) is 5.12. The predicted octanol–water partition coefficient (Wildman–Crippen LogP) is 2.76. The molecule has 0 radical (unpaired) electrons.